The molecular weight excluding hydrogens is 469 g/mol. The van der Waals surface area contributed by atoms with E-state index in [1.165, 1.54) is 0 Å². The van der Waals surface area contributed by atoms with Crippen LogP contribution >= 0.6 is 34.8 Å². The lowest BCUT2D eigenvalue weighted by molar-refractivity contribution is 0.0685. The van der Waals surface area contributed by atoms with Crippen molar-refractivity contribution in [3.05, 3.63) is 111 Å². The Morgan fingerprint density at radius 3 is 2.31 bits per heavy atom. The van der Waals surface area contributed by atoms with E-state index < -0.39 is 5.97 Å². The molecule has 0 aliphatic heterocycles. The standard InChI is InChI=1S/C25H18Cl3NO3/c26-20-3-1-2-16(10-20)13-29-14-19(11-24(29)25(30)31)17-5-8-22(9-6-17)32-15-18-4-7-21(27)12-23(18)28/h1-12,14H,13,15H2,(H,30,31). The summed E-state index contributed by atoms with van der Waals surface area (Å²) < 4.78 is 7.53. The number of hydrogen-bond acceptors (Lipinski definition) is 2. The minimum atomic E-state index is -0.988. The zero-order valence-electron chi connectivity index (χ0n) is 16.8. The number of aromatic carboxylic acids is 1. The third kappa shape index (κ3) is 5.28. The van der Waals surface area contributed by atoms with Gasteiger partial charge < -0.3 is 14.4 Å². The fourth-order valence-corrected chi connectivity index (χ4v) is 4.03. The largest absolute Gasteiger partial charge is 0.489 e. The van der Waals surface area contributed by atoms with E-state index in [1.807, 2.05) is 54.7 Å². The summed E-state index contributed by atoms with van der Waals surface area (Å²) in [6.45, 7) is 0.722. The first kappa shape index (κ1) is 22.3. The molecule has 0 aliphatic rings. The highest BCUT2D eigenvalue weighted by molar-refractivity contribution is 6.35. The topological polar surface area (TPSA) is 51.5 Å². The Morgan fingerprint density at radius 2 is 1.62 bits per heavy atom. The van der Waals surface area contributed by atoms with E-state index in [-0.39, 0.29) is 5.69 Å². The Kier molecular flexibility index (Phi) is 6.75. The predicted molar refractivity (Wildman–Crippen MR) is 128 cm³/mol. The maximum Gasteiger partial charge on any atom is 0.352 e. The molecule has 0 unspecified atom stereocenters. The van der Waals surface area contributed by atoms with Gasteiger partial charge in [0.05, 0.1) is 0 Å². The fraction of sp³-hybridized carbons (Fsp3) is 0.0800. The van der Waals surface area contributed by atoms with Crippen molar-refractivity contribution in [2.24, 2.45) is 0 Å². The van der Waals surface area contributed by atoms with Gasteiger partial charge in [-0.25, -0.2) is 4.79 Å². The Labute approximate surface area is 200 Å². The maximum absolute atomic E-state index is 11.8. The highest BCUT2D eigenvalue weighted by Crippen LogP contribution is 2.27. The third-order valence-electron chi connectivity index (χ3n) is 4.95. The second-order valence-electron chi connectivity index (χ2n) is 7.23. The lowest BCUT2D eigenvalue weighted by atomic mass is 10.1. The molecule has 0 atom stereocenters. The normalized spacial score (nSPS) is 10.8. The molecule has 0 spiro atoms. The van der Waals surface area contributed by atoms with Gasteiger partial charge in [0.25, 0.3) is 0 Å². The number of rotatable bonds is 7. The summed E-state index contributed by atoms with van der Waals surface area (Å²) in [5, 5.41) is 11.4. The van der Waals surface area contributed by atoms with E-state index in [0.29, 0.717) is 34.0 Å². The van der Waals surface area contributed by atoms with Gasteiger partial charge in [-0.15, -0.1) is 0 Å². The van der Waals surface area contributed by atoms with Gasteiger partial charge in [0.2, 0.25) is 0 Å². The van der Waals surface area contributed by atoms with Gasteiger partial charge in [-0.1, -0.05) is 65.1 Å². The molecule has 0 radical (unpaired) electrons. The number of carboxylic acids is 1. The highest BCUT2D eigenvalue weighted by atomic mass is 35.5. The number of aromatic nitrogens is 1. The molecule has 4 nitrogen and oxygen atoms in total. The predicted octanol–water partition coefficient (Wildman–Crippen LogP) is 7.44. The number of benzene rings is 3. The van der Waals surface area contributed by atoms with Crippen molar-refractivity contribution in [3.8, 4) is 16.9 Å². The lowest BCUT2D eigenvalue weighted by Gasteiger charge is -2.09. The van der Waals surface area contributed by atoms with Crippen LogP contribution in [0.25, 0.3) is 11.1 Å². The van der Waals surface area contributed by atoms with Crippen LogP contribution in [0.2, 0.25) is 15.1 Å². The number of nitrogens with zero attached hydrogens (tertiary/aromatic N) is 1. The number of carbonyl (C=O) groups is 1. The smallest absolute Gasteiger partial charge is 0.352 e. The van der Waals surface area contributed by atoms with E-state index in [9.17, 15) is 9.90 Å². The van der Waals surface area contributed by atoms with Crippen molar-refractivity contribution in [1.29, 1.82) is 0 Å². The minimum absolute atomic E-state index is 0.206. The molecule has 7 heteroatoms. The van der Waals surface area contributed by atoms with Crippen LogP contribution in [0.1, 0.15) is 21.6 Å². The molecule has 0 fully saturated rings. The first-order chi connectivity index (χ1) is 15.4. The molecule has 0 saturated carbocycles. The van der Waals surface area contributed by atoms with Gasteiger partial charge in [-0.2, -0.15) is 0 Å². The Bertz CT molecular complexity index is 1270. The Hall–Kier alpha value is -2.92. The molecule has 32 heavy (non-hydrogen) atoms. The van der Waals surface area contributed by atoms with Gasteiger partial charge in [0.15, 0.2) is 0 Å². The molecule has 1 heterocycles. The van der Waals surface area contributed by atoms with E-state index in [2.05, 4.69) is 0 Å². The average molecular weight is 487 g/mol. The molecule has 0 bridgehead atoms. The van der Waals surface area contributed by atoms with Crippen LogP contribution in [0.15, 0.2) is 79.0 Å². The van der Waals surface area contributed by atoms with Gasteiger partial charge in [0.1, 0.15) is 18.1 Å². The van der Waals surface area contributed by atoms with Crippen molar-refractivity contribution in [2.75, 3.05) is 0 Å². The second-order valence-corrected chi connectivity index (χ2v) is 8.51. The number of ether oxygens (including phenoxy) is 1. The summed E-state index contributed by atoms with van der Waals surface area (Å²) in [4.78, 5) is 11.8. The number of halogens is 3. The lowest BCUT2D eigenvalue weighted by Crippen LogP contribution is -2.08. The molecule has 4 aromatic rings. The van der Waals surface area contributed by atoms with Crippen LogP contribution in [-0.2, 0) is 13.2 Å². The van der Waals surface area contributed by atoms with Crippen molar-refractivity contribution in [2.45, 2.75) is 13.2 Å². The highest BCUT2D eigenvalue weighted by Gasteiger charge is 2.14. The third-order valence-corrected chi connectivity index (χ3v) is 5.78. The van der Waals surface area contributed by atoms with E-state index >= 15 is 0 Å². The van der Waals surface area contributed by atoms with Crippen LogP contribution in [0.5, 0.6) is 5.75 Å². The van der Waals surface area contributed by atoms with Gasteiger partial charge in [-0.3, -0.25) is 0 Å². The molecule has 1 N–H and O–H groups in total. The van der Waals surface area contributed by atoms with Crippen LogP contribution in [0.3, 0.4) is 0 Å². The first-order valence-electron chi connectivity index (χ1n) is 9.74. The van der Waals surface area contributed by atoms with Crippen LogP contribution in [0.4, 0.5) is 0 Å². The van der Waals surface area contributed by atoms with Crippen LogP contribution in [-0.4, -0.2) is 15.6 Å². The molecule has 162 valence electrons. The summed E-state index contributed by atoms with van der Waals surface area (Å²) in [7, 11) is 0. The Morgan fingerprint density at radius 1 is 0.875 bits per heavy atom. The van der Waals surface area contributed by atoms with E-state index in [1.54, 1.807) is 28.8 Å². The molecular formula is C25H18Cl3NO3. The summed E-state index contributed by atoms with van der Waals surface area (Å²) in [6, 6.07) is 21.8. The molecule has 0 aliphatic carbocycles. The summed E-state index contributed by atoms with van der Waals surface area (Å²) in [6.07, 6.45) is 1.83. The average Bonchev–Trinajstić information content (AvgIpc) is 3.17. The summed E-state index contributed by atoms with van der Waals surface area (Å²) in [5.74, 6) is -0.311. The van der Waals surface area contributed by atoms with Crippen molar-refractivity contribution in [1.82, 2.24) is 4.57 Å². The quantitative estimate of drug-likeness (QED) is 0.295. The fourth-order valence-electron chi connectivity index (χ4n) is 3.35. The van der Waals surface area contributed by atoms with Crippen LogP contribution in [0, 0.1) is 0 Å². The molecule has 4 rings (SSSR count). The first-order valence-corrected chi connectivity index (χ1v) is 10.9. The molecule has 0 amide bonds. The maximum atomic E-state index is 11.8. The van der Waals surface area contributed by atoms with Gasteiger partial charge >= 0.3 is 5.97 Å². The van der Waals surface area contributed by atoms with Gasteiger partial charge in [0, 0.05) is 38.9 Å². The molecule has 1 aromatic heterocycles. The zero-order valence-corrected chi connectivity index (χ0v) is 19.0. The monoisotopic (exact) mass is 485 g/mol. The number of carboxylic acid groups (broad SMARTS) is 1. The van der Waals surface area contributed by atoms with E-state index in [0.717, 1.165) is 22.3 Å². The van der Waals surface area contributed by atoms with Gasteiger partial charge in [-0.05, 0) is 53.6 Å². The molecule has 0 saturated heterocycles. The SMILES string of the molecule is O=C(O)c1cc(-c2ccc(OCc3ccc(Cl)cc3Cl)cc2)cn1Cc1cccc(Cl)c1. The second kappa shape index (κ2) is 9.70. The van der Waals surface area contributed by atoms with Crippen molar-refractivity contribution < 1.29 is 14.6 Å². The Balaban J connectivity index is 1.51. The van der Waals surface area contributed by atoms with Crippen molar-refractivity contribution >= 4 is 40.8 Å². The summed E-state index contributed by atoms with van der Waals surface area (Å²) >= 11 is 18.2. The minimum Gasteiger partial charge on any atom is -0.489 e. The number of hydrogen-bond donors (Lipinski definition) is 1. The molecule has 3 aromatic carbocycles. The zero-order chi connectivity index (χ0) is 22.7. The van der Waals surface area contributed by atoms with Crippen molar-refractivity contribution in [3.63, 3.8) is 0 Å². The summed E-state index contributed by atoms with van der Waals surface area (Å²) in [5.41, 5.74) is 3.65. The van der Waals surface area contributed by atoms with Crippen LogP contribution < -0.4 is 4.74 Å². The van der Waals surface area contributed by atoms with E-state index in [4.69, 9.17) is 39.5 Å².